The molecule has 51 heavy (non-hydrogen) atoms. The van der Waals surface area contributed by atoms with E-state index < -0.39 is 40.5 Å². The Morgan fingerprint density at radius 2 is 1.00 bits per heavy atom. The fourth-order valence-corrected chi connectivity index (χ4v) is 2.92. The number of hydrogen-bond donors (Lipinski definition) is 0. The number of aromatic nitrogens is 1. The number of ketones is 2. The van der Waals surface area contributed by atoms with Crippen LogP contribution in [0.3, 0.4) is 0 Å². The predicted molar refractivity (Wildman–Crippen MR) is 181 cm³/mol. The van der Waals surface area contributed by atoms with E-state index in [2.05, 4.69) is 4.98 Å². The molecular formula is C34H54CrF6N3O6P. The summed E-state index contributed by atoms with van der Waals surface area (Å²) < 4.78 is 60.7. The van der Waals surface area contributed by atoms with Crippen LogP contribution in [0.1, 0.15) is 116 Å². The van der Waals surface area contributed by atoms with Crippen LogP contribution in [-0.4, -0.2) is 43.0 Å². The van der Waals surface area contributed by atoms with Gasteiger partial charge in [0.1, 0.15) is 4.76 Å². The molecule has 0 radical (unpaired) electrons. The quantitative estimate of drug-likeness (QED) is 0.0744. The Labute approximate surface area is 308 Å². The van der Waals surface area contributed by atoms with Crippen molar-refractivity contribution in [1.82, 2.24) is 4.98 Å². The van der Waals surface area contributed by atoms with E-state index in [1.54, 1.807) is 52.1 Å². The molecule has 0 aromatic carbocycles. The Kier molecular flexibility index (Phi) is 16.5. The summed E-state index contributed by atoms with van der Waals surface area (Å²) in [5.41, 5.74) is -3.00. The molecule has 2 rings (SSSR count). The second kappa shape index (κ2) is 16.1. The van der Waals surface area contributed by atoms with E-state index in [-0.39, 0.29) is 46.3 Å². The maximum absolute atomic E-state index is 12.3. The average molecular weight is 798 g/mol. The van der Waals surface area contributed by atoms with E-state index in [1.807, 2.05) is 83.1 Å². The fourth-order valence-electron chi connectivity index (χ4n) is 2.92. The van der Waals surface area contributed by atoms with Gasteiger partial charge in [-0.25, -0.2) is 4.98 Å². The van der Waals surface area contributed by atoms with Gasteiger partial charge in [-0.3, -0.25) is 9.59 Å². The molecule has 0 unspecified atom stereocenters. The molecule has 0 aliphatic carbocycles. The van der Waals surface area contributed by atoms with Crippen LogP contribution in [0, 0.1) is 31.8 Å². The van der Waals surface area contributed by atoms with Crippen LogP contribution >= 0.6 is 7.81 Å². The molecule has 0 amide bonds. The summed E-state index contributed by atoms with van der Waals surface area (Å²) in [7, 11) is -10.7. The molecule has 1 aliphatic rings. The average Bonchev–Trinajstić information content (AvgIpc) is 2.97. The first-order valence-corrected chi connectivity index (χ1v) is 17.5. The van der Waals surface area contributed by atoms with Crippen LogP contribution in [0.5, 0.6) is 0 Å². The van der Waals surface area contributed by atoms with Gasteiger partial charge in [-0.05, 0) is 35.1 Å². The van der Waals surface area contributed by atoms with E-state index in [0.29, 0.717) is 5.69 Å². The van der Waals surface area contributed by atoms with E-state index >= 15 is 0 Å². The first kappa shape index (κ1) is 52.5. The van der Waals surface area contributed by atoms with Gasteiger partial charge in [0.05, 0.1) is 0 Å². The summed E-state index contributed by atoms with van der Waals surface area (Å²) >= 11 is 0. The summed E-state index contributed by atoms with van der Waals surface area (Å²) in [5, 5.41) is 35.1. The molecule has 17 heteroatoms. The summed E-state index contributed by atoms with van der Waals surface area (Å²) in [6, 6.07) is 5.18. The monoisotopic (exact) mass is 797 g/mol. The SMILES string of the molecule is CC(C)(C)C(=O)/C=C(\[O-])C(C)(C)C.CC(C)(C)C(=O)/C=C(\[O-])C(C)(C)C.CC1(C)[N+](=O)C(c2ccccn2)=[N+]([O-])C1(C)C.F[P-](F)(F)(F)(F)F.[Cr+2]. The van der Waals surface area contributed by atoms with Crippen LogP contribution in [0.15, 0.2) is 48.1 Å². The minimum absolute atomic E-state index is 0. The van der Waals surface area contributed by atoms with E-state index in [9.17, 15) is 55.1 Å². The van der Waals surface area contributed by atoms with Crippen molar-refractivity contribution in [3.8, 4) is 0 Å². The first-order chi connectivity index (χ1) is 21.3. The smallest absolute Gasteiger partial charge is 2.00 e. The van der Waals surface area contributed by atoms with E-state index in [1.165, 1.54) is 12.2 Å². The van der Waals surface area contributed by atoms with Crippen molar-refractivity contribution in [2.75, 3.05) is 0 Å². The summed E-state index contributed by atoms with van der Waals surface area (Å²) in [4.78, 5) is 39.2. The van der Waals surface area contributed by atoms with Crippen molar-refractivity contribution in [2.45, 2.75) is 122 Å². The van der Waals surface area contributed by atoms with Gasteiger partial charge < -0.3 is 15.4 Å². The number of hydroxylamine groups is 1. The Morgan fingerprint density at radius 3 is 1.20 bits per heavy atom. The van der Waals surface area contributed by atoms with Crippen LogP contribution in [-0.2, 0) is 27.0 Å². The number of nitrogens with zero attached hydrogens (tertiary/aromatic N) is 3. The zero-order valence-corrected chi connectivity index (χ0v) is 34.5. The molecule has 0 saturated heterocycles. The minimum Gasteiger partial charge on any atom is 2.00 e. The topological polar surface area (TPSA) is 139 Å². The molecule has 1 aliphatic heterocycles. The fraction of sp³-hybridized carbons (Fsp3) is 0.647. The summed E-state index contributed by atoms with van der Waals surface area (Å²) in [6.45, 7) is 28.7. The van der Waals surface area contributed by atoms with Crippen molar-refractivity contribution in [2.24, 2.45) is 21.7 Å². The predicted octanol–water partition coefficient (Wildman–Crippen LogP) is 8.85. The molecule has 1 aromatic rings. The van der Waals surface area contributed by atoms with Gasteiger partial charge in [0, 0.05) is 49.6 Å². The van der Waals surface area contributed by atoms with Crippen molar-refractivity contribution in [3.63, 3.8) is 0 Å². The van der Waals surface area contributed by atoms with Gasteiger partial charge in [-0.2, -0.15) is 0 Å². The summed E-state index contributed by atoms with van der Waals surface area (Å²) in [5.74, 6) is -0.333. The molecule has 9 nitrogen and oxygen atoms in total. The number of halogens is 6. The molecule has 0 atom stereocenters. The van der Waals surface area contributed by atoms with Gasteiger partial charge in [-0.15, -0.1) is 16.3 Å². The van der Waals surface area contributed by atoms with Crippen molar-refractivity contribution in [1.29, 1.82) is 0 Å². The molecule has 0 N–H and O–H groups in total. The third-order valence-electron chi connectivity index (χ3n) is 7.27. The number of carbonyl (C=O) groups is 2. The standard InChI is InChI=1S/C12H16N3O2.2C11H20O2.Cr.F6P/c1-11(2)12(3,4)15(17)10(14(11)16)9-7-5-6-8-13-9;2*1-10(2,3)8(12)7-9(13)11(4,5)6;;1-7(2,3,4,5)6/h5-8H,1-4H3;2*7,12H,1-6H3;;/q+1;;;+2;-1/p-2/b;2*8-7-;;. The molecule has 1 aromatic heterocycles. The molecule has 0 fully saturated rings. The second-order valence-corrected chi connectivity index (χ2v) is 18.9. The molecule has 0 saturated carbocycles. The molecule has 294 valence electrons. The van der Waals surface area contributed by atoms with Gasteiger partial charge >= 0.3 is 56.2 Å². The zero-order valence-electron chi connectivity index (χ0n) is 32.4. The van der Waals surface area contributed by atoms with E-state index in [0.717, 1.165) is 9.50 Å². The van der Waals surface area contributed by atoms with Crippen LogP contribution in [0.4, 0.5) is 25.2 Å². The third kappa shape index (κ3) is 19.6. The minimum atomic E-state index is -10.7. The molecule has 2 heterocycles. The van der Waals surface area contributed by atoms with Crippen molar-refractivity contribution < 1.29 is 71.8 Å². The van der Waals surface area contributed by atoms with Gasteiger partial charge in [0.25, 0.3) is 5.54 Å². The third-order valence-corrected chi connectivity index (χ3v) is 7.27. The Hall–Kier alpha value is -2.82. The maximum atomic E-state index is 12.3. The van der Waals surface area contributed by atoms with Gasteiger partial charge in [0.2, 0.25) is 11.2 Å². The first-order valence-electron chi connectivity index (χ1n) is 15.5. The Balaban J connectivity index is -0.000000623. The normalized spacial score (nSPS) is 17.9. The molecular weight excluding hydrogens is 743 g/mol. The number of amidine groups is 1. The molecule has 0 spiro atoms. The number of carbonyl (C=O) groups excluding carboxylic acids is 2. The number of pyridine rings is 1. The number of nitroso groups, excluding NO2 is 1. The van der Waals surface area contributed by atoms with Gasteiger partial charge in [0.15, 0.2) is 11.6 Å². The Bertz CT molecular complexity index is 1430. The Morgan fingerprint density at radius 1 is 0.686 bits per heavy atom. The largest absolute Gasteiger partial charge is 2.00 e. The zero-order chi connectivity index (χ0) is 41.0. The summed E-state index contributed by atoms with van der Waals surface area (Å²) in [6.07, 6.45) is 4.02. The second-order valence-electron chi connectivity index (χ2n) is 16.9. The van der Waals surface area contributed by atoms with Crippen molar-refractivity contribution in [3.05, 3.63) is 63.9 Å². The maximum Gasteiger partial charge on any atom is 2.00 e. The van der Waals surface area contributed by atoms with Crippen molar-refractivity contribution >= 4 is 25.2 Å². The van der Waals surface area contributed by atoms with E-state index in [4.69, 9.17) is 0 Å². The number of allylic oxidation sites excluding steroid dienone is 4. The number of rotatable bonds is 3. The van der Waals surface area contributed by atoms with Crippen LogP contribution < -0.4 is 10.2 Å². The number of hydrogen-bond acceptors (Lipinski definition) is 7. The molecule has 0 bridgehead atoms. The van der Waals surface area contributed by atoms with Crippen LogP contribution in [0.25, 0.3) is 0 Å². The van der Waals surface area contributed by atoms with Crippen LogP contribution in [0.2, 0.25) is 0 Å². The van der Waals surface area contributed by atoms with Gasteiger partial charge in [-0.1, -0.05) is 89.2 Å².